The number of carbonyl (C=O) groups excluding carboxylic acids is 1. The largest absolute Gasteiger partial charge is 0.497 e. The zero-order valence-corrected chi connectivity index (χ0v) is 16.6. The van der Waals surface area contributed by atoms with Gasteiger partial charge in [0.1, 0.15) is 11.5 Å². The van der Waals surface area contributed by atoms with Gasteiger partial charge in [0.05, 0.1) is 26.2 Å². The summed E-state index contributed by atoms with van der Waals surface area (Å²) in [6.45, 7) is 5.19. The number of guanidine groups is 1. The van der Waals surface area contributed by atoms with E-state index in [2.05, 4.69) is 15.2 Å². The van der Waals surface area contributed by atoms with Gasteiger partial charge in [-0.15, -0.1) is 0 Å². The van der Waals surface area contributed by atoms with Crippen molar-refractivity contribution >= 4 is 11.9 Å². The molecule has 7 heteroatoms. The molecule has 0 amide bonds. The van der Waals surface area contributed by atoms with Crippen molar-refractivity contribution in [3.8, 4) is 11.5 Å². The van der Waals surface area contributed by atoms with Gasteiger partial charge in [-0.3, -0.25) is 9.79 Å². The maximum absolute atomic E-state index is 12.0. The number of carbonyl (C=O) groups is 1. The molecule has 1 unspecified atom stereocenters. The number of likely N-dealkylation sites (tertiary alicyclic amines) is 1. The Hall–Kier alpha value is -2.44. The summed E-state index contributed by atoms with van der Waals surface area (Å²) in [6, 6.07) is 7.56. The number of methoxy groups -OCH3 is 1. The van der Waals surface area contributed by atoms with Gasteiger partial charge >= 0.3 is 5.97 Å². The minimum absolute atomic E-state index is 0.0735. The van der Waals surface area contributed by atoms with Crippen LogP contribution in [0.2, 0.25) is 0 Å². The molecule has 1 aromatic rings. The highest BCUT2D eigenvalue weighted by molar-refractivity contribution is 5.81. The highest BCUT2D eigenvalue weighted by Crippen LogP contribution is 2.18. The highest BCUT2D eigenvalue weighted by atomic mass is 16.5. The van der Waals surface area contributed by atoms with Gasteiger partial charge in [0.15, 0.2) is 5.96 Å². The molecule has 0 aromatic heterocycles. The van der Waals surface area contributed by atoms with Crippen molar-refractivity contribution in [2.45, 2.75) is 26.2 Å². The molecule has 2 rings (SSSR count). The number of esters is 1. The van der Waals surface area contributed by atoms with Crippen LogP contribution in [-0.4, -0.2) is 63.8 Å². The van der Waals surface area contributed by atoms with Crippen molar-refractivity contribution in [3.63, 3.8) is 0 Å². The lowest BCUT2D eigenvalue weighted by Gasteiger charge is -2.33. The second kappa shape index (κ2) is 11.3. The molecule has 1 N–H and O–H groups in total. The molecular weight excluding hydrogens is 346 g/mol. The van der Waals surface area contributed by atoms with E-state index in [9.17, 15) is 4.79 Å². The topological polar surface area (TPSA) is 72.4 Å². The lowest BCUT2D eigenvalue weighted by atomic mass is 9.98. The maximum atomic E-state index is 12.0. The summed E-state index contributed by atoms with van der Waals surface area (Å²) in [5.74, 6) is 2.29. The molecule has 1 heterocycles. The van der Waals surface area contributed by atoms with Crippen LogP contribution in [0.15, 0.2) is 29.3 Å². The minimum Gasteiger partial charge on any atom is -0.497 e. The Bertz CT molecular complexity index is 604. The second-order valence-electron chi connectivity index (χ2n) is 6.39. The maximum Gasteiger partial charge on any atom is 0.310 e. The zero-order chi connectivity index (χ0) is 19.5. The molecule has 1 aromatic carbocycles. The molecule has 0 radical (unpaired) electrons. The molecule has 1 atom stereocenters. The number of piperidine rings is 1. The molecule has 1 aliphatic rings. The molecule has 1 fully saturated rings. The molecule has 0 bridgehead atoms. The highest BCUT2D eigenvalue weighted by Gasteiger charge is 2.28. The first-order chi connectivity index (χ1) is 13.2. The third-order valence-corrected chi connectivity index (χ3v) is 4.49. The third kappa shape index (κ3) is 6.66. The Balaban J connectivity index is 1.70. The van der Waals surface area contributed by atoms with Crippen molar-refractivity contribution in [3.05, 3.63) is 24.3 Å². The Morgan fingerprint density at radius 1 is 1.30 bits per heavy atom. The minimum atomic E-state index is -0.106. The number of hydrogen-bond donors (Lipinski definition) is 1. The molecule has 7 nitrogen and oxygen atoms in total. The van der Waals surface area contributed by atoms with Gasteiger partial charge in [0.2, 0.25) is 0 Å². The first-order valence-electron chi connectivity index (χ1n) is 9.57. The van der Waals surface area contributed by atoms with Crippen LogP contribution < -0.4 is 14.8 Å². The number of aliphatic imine (C=N–C) groups is 1. The van der Waals surface area contributed by atoms with Crippen molar-refractivity contribution < 1.29 is 19.0 Å². The number of nitrogens with one attached hydrogen (secondary N) is 1. The Kier molecular flexibility index (Phi) is 8.74. The zero-order valence-electron chi connectivity index (χ0n) is 16.6. The van der Waals surface area contributed by atoms with E-state index in [1.165, 1.54) is 0 Å². The summed E-state index contributed by atoms with van der Waals surface area (Å²) in [4.78, 5) is 18.5. The van der Waals surface area contributed by atoms with Crippen LogP contribution in [0.4, 0.5) is 0 Å². The average molecular weight is 377 g/mol. The molecule has 0 spiro atoms. The second-order valence-corrected chi connectivity index (χ2v) is 6.39. The van der Waals surface area contributed by atoms with Gasteiger partial charge in [0, 0.05) is 26.7 Å². The third-order valence-electron chi connectivity index (χ3n) is 4.49. The van der Waals surface area contributed by atoms with Gasteiger partial charge in [-0.1, -0.05) is 0 Å². The molecule has 0 saturated carbocycles. The van der Waals surface area contributed by atoms with Crippen LogP contribution >= 0.6 is 0 Å². The van der Waals surface area contributed by atoms with Gasteiger partial charge in [-0.25, -0.2) is 0 Å². The monoisotopic (exact) mass is 377 g/mol. The summed E-state index contributed by atoms with van der Waals surface area (Å²) >= 11 is 0. The summed E-state index contributed by atoms with van der Waals surface area (Å²) in [6.07, 6.45) is 2.69. The van der Waals surface area contributed by atoms with Gasteiger partial charge in [0.25, 0.3) is 0 Å². The quantitative estimate of drug-likeness (QED) is 0.324. The van der Waals surface area contributed by atoms with Crippen LogP contribution in [0.5, 0.6) is 11.5 Å². The first kappa shape index (κ1) is 20.9. The van der Waals surface area contributed by atoms with Crippen LogP contribution in [0.3, 0.4) is 0 Å². The lowest BCUT2D eigenvalue weighted by Crippen LogP contribution is -2.48. The van der Waals surface area contributed by atoms with Crippen LogP contribution in [0.25, 0.3) is 0 Å². The number of rotatable bonds is 8. The standard InChI is InChI=1S/C20H31N3O4/c1-4-26-19(24)16-7-5-13-23(15-16)20(21-2)22-12-6-14-27-18-10-8-17(25-3)9-11-18/h8-11,16H,4-7,12-15H2,1-3H3,(H,21,22). The Morgan fingerprint density at radius 3 is 2.70 bits per heavy atom. The molecular formula is C20H31N3O4. The van der Waals surface area contributed by atoms with E-state index < -0.39 is 0 Å². The molecule has 0 aliphatic carbocycles. The predicted molar refractivity (Wildman–Crippen MR) is 105 cm³/mol. The predicted octanol–water partition coefficient (Wildman–Crippen LogP) is 2.31. The van der Waals surface area contributed by atoms with Gasteiger partial charge in [-0.2, -0.15) is 0 Å². The van der Waals surface area contributed by atoms with E-state index in [1.54, 1.807) is 14.2 Å². The average Bonchev–Trinajstić information content (AvgIpc) is 2.71. The molecule has 27 heavy (non-hydrogen) atoms. The van der Waals surface area contributed by atoms with E-state index in [0.717, 1.165) is 49.8 Å². The SMILES string of the molecule is CCOC(=O)C1CCCN(C(=NC)NCCCOc2ccc(OC)cc2)C1. The van der Waals surface area contributed by atoms with Crippen molar-refractivity contribution in [1.29, 1.82) is 0 Å². The first-order valence-corrected chi connectivity index (χ1v) is 9.57. The number of ether oxygens (including phenoxy) is 3. The van der Waals surface area contributed by atoms with Crippen molar-refractivity contribution in [1.82, 2.24) is 10.2 Å². The molecule has 1 aliphatic heterocycles. The molecule has 1 saturated heterocycles. The smallest absolute Gasteiger partial charge is 0.310 e. The van der Waals surface area contributed by atoms with Gasteiger partial charge < -0.3 is 24.4 Å². The number of hydrogen-bond acceptors (Lipinski definition) is 5. The van der Waals surface area contributed by atoms with Crippen LogP contribution in [0.1, 0.15) is 26.2 Å². The van der Waals surface area contributed by atoms with Crippen molar-refractivity contribution in [2.24, 2.45) is 10.9 Å². The fourth-order valence-corrected chi connectivity index (χ4v) is 3.09. The number of benzene rings is 1. The summed E-state index contributed by atoms with van der Waals surface area (Å²) < 4.78 is 16.0. The van der Waals surface area contributed by atoms with Crippen molar-refractivity contribution in [2.75, 3.05) is 47.0 Å². The Morgan fingerprint density at radius 2 is 2.04 bits per heavy atom. The van der Waals surface area contributed by atoms with E-state index in [4.69, 9.17) is 14.2 Å². The number of nitrogens with zero attached hydrogens (tertiary/aromatic N) is 2. The van der Waals surface area contributed by atoms with Crippen LogP contribution in [-0.2, 0) is 9.53 Å². The lowest BCUT2D eigenvalue weighted by molar-refractivity contribution is -0.149. The summed E-state index contributed by atoms with van der Waals surface area (Å²) in [5, 5.41) is 3.36. The van der Waals surface area contributed by atoms with E-state index in [0.29, 0.717) is 19.8 Å². The van der Waals surface area contributed by atoms with E-state index in [1.807, 2.05) is 31.2 Å². The normalized spacial score (nSPS) is 17.4. The van der Waals surface area contributed by atoms with Gasteiger partial charge in [-0.05, 0) is 50.5 Å². The summed E-state index contributed by atoms with van der Waals surface area (Å²) in [5.41, 5.74) is 0. The van der Waals surface area contributed by atoms with E-state index in [-0.39, 0.29) is 11.9 Å². The Labute approximate surface area is 161 Å². The molecule has 150 valence electrons. The summed E-state index contributed by atoms with van der Waals surface area (Å²) in [7, 11) is 3.41. The fraction of sp³-hybridized carbons (Fsp3) is 0.600. The van der Waals surface area contributed by atoms with E-state index >= 15 is 0 Å². The van der Waals surface area contributed by atoms with Crippen LogP contribution in [0, 0.1) is 5.92 Å². The fourth-order valence-electron chi connectivity index (χ4n) is 3.09.